The van der Waals surface area contributed by atoms with Crippen molar-refractivity contribution in [2.45, 2.75) is 52.0 Å². The minimum Gasteiger partial charge on any atom is -0.356 e. The van der Waals surface area contributed by atoms with E-state index >= 15 is 0 Å². The standard InChI is InChI=1S/C20H33N5S/c1-14-19(26-15(2)23-14)6-7-22-20(21-3)25-10-8-24(9-11-25)18-13-16-4-5-17(18)12-16/h16-18H,4-13H2,1-3H3,(H,21,22). The van der Waals surface area contributed by atoms with Gasteiger partial charge in [0.05, 0.1) is 10.7 Å². The van der Waals surface area contributed by atoms with Gasteiger partial charge in [-0.3, -0.25) is 9.89 Å². The molecule has 3 atom stereocenters. The zero-order valence-corrected chi connectivity index (χ0v) is 17.3. The smallest absolute Gasteiger partial charge is 0.193 e. The van der Waals surface area contributed by atoms with E-state index in [4.69, 9.17) is 0 Å². The molecule has 0 radical (unpaired) electrons. The molecule has 1 aromatic heterocycles. The van der Waals surface area contributed by atoms with Crippen LogP contribution in [0.3, 0.4) is 0 Å². The van der Waals surface area contributed by atoms with E-state index in [-0.39, 0.29) is 0 Å². The monoisotopic (exact) mass is 375 g/mol. The van der Waals surface area contributed by atoms with Crippen LogP contribution in [0.15, 0.2) is 4.99 Å². The SMILES string of the molecule is CN=C(NCCc1sc(C)nc1C)N1CCN(C2CC3CCC2C3)CC1. The van der Waals surface area contributed by atoms with Gasteiger partial charge in [0.25, 0.3) is 0 Å². The summed E-state index contributed by atoms with van der Waals surface area (Å²) in [5, 5.41) is 4.74. The first-order valence-electron chi connectivity index (χ1n) is 10.3. The molecule has 1 aromatic rings. The van der Waals surface area contributed by atoms with Crippen molar-refractivity contribution in [2.24, 2.45) is 16.8 Å². The van der Waals surface area contributed by atoms with Crippen LogP contribution in [0, 0.1) is 25.7 Å². The number of guanidine groups is 1. The number of fused-ring (bicyclic) bond motifs is 2. The Bertz CT molecular complexity index is 647. The molecule has 1 saturated heterocycles. The summed E-state index contributed by atoms with van der Waals surface area (Å²) >= 11 is 1.82. The number of nitrogens with one attached hydrogen (secondary N) is 1. The molecule has 144 valence electrons. The average Bonchev–Trinajstić information content (AvgIpc) is 3.35. The van der Waals surface area contributed by atoms with E-state index in [1.54, 1.807) is 0 Å². The summed E-state index contributed by atoms with van der Waals surface area (Å²) in [6.07, 6.45) is 6.98. The molecule has 0 aromatic carbocycles. The van der Waals surface area contributed by atoms with Crippen LogP contribution < -0.4 is 5.32 Å². The highest BCUT2D eigenvalue weighted by Gasteiger charge is 2.42. The van der Waals surface area contributed by atoms with Crippen LogP contribution in [-0.2, 0) is 6.42 Å². The van der Waals surface area contributed by atoms with Gasteiger partial charge in [-0.15, -0.1) is 11.3 Å². The fraction of sp³-hybridized carbons (Fsp3) is 0.800. The molecule has 5 nitrogen and oxygen atoms in total. The van der Waals surface area contributed by atoms with Crippen molar-refractivity contribution >= 4 is 17.3 Å². The molecule has 26 heavy (non-hydrogen) atoms. The fourth-order valence-electron chi connectivity index (χ4n) is 5.35. The van der Waals surface area contributed by atoms with E-state index in [0.717, 1.165) is 49.9 Å². The lowest BCUT2D eigenvalue weighted by Gasteiger charge is -2.41. The lowest BCUT2D eigenvalue weighted by Crippen LogP contribution is -2.55. The van der Waals surface area contributed by atoms with Crippen LogP contribution in [0.5, 0.6) is 0 Å². The highest BCUT2D eigenvalue weighted by Crippen LogP contribution is 2.46. The molecular formula is C20H33N5S. The number of thiazole rings is 1. The average molecular weight is 376 g/mol. The molecule has 3 aliphatic rings. The maximum atomic E-state index is 4.53. The Kier molecular flexibility index (Phi) is 5.50. The van der Waals surface area contributed by atoms with Crippen molar-refractivity contribution in [3.63, 3.8) is 0 Å². The molecule has 0 amide bonds. The Hall–Kier alpha value is -1.14. The predicted octanol–water partition coefficient (Wildman–Crippen LogP) is 2.68. The lowest BCUT2D eigenvalue weighted by atomic mass is 9.93. The maximum absolute atomic E-state index is 4.53. The molecule has 0 spiro atoms. The Balaban J connectivity index is 1.24. The number of hydrogen-bond acceptors (Lipinski definition) is 4. The normalized spacial score (nSPS) is 29.6. The third-order valence-corrected chi connectivity index (χ3v) is 7.76. The number of piperazine rings is 1. The van der Waals surface area contributed by atoms with Crippen molar-refractivity contribution in [3.05, 3.63) is 15.6 Å². The highest BCUT2D eigenvalue weighted by atomic mass is 32.1. The molecule has 3 fully saturated rings. The number of aromatic nitrogens is 1. The Morgan fingerprint density at radius 1 is 1.19 bits per heavy atom. The first-order chi connectivity index (χ1) is 12.6. The zero-order valence-electron chi connectivity index (χ0n) is 16.5. The minimum atomic E-state index is 0.878. The summed E-state index contributed by atoms with van der Waals surface area (Å²) in [5.74, 6) is 3.10. The van der Waals surface area contributed by atoms with Crippen LogP contribution in [0.25, 0.3) is 0 Å². The lowest BCUT2D eigenvalue weighted by molar-refractivity contribution is 0.0959. The first kappa shape index (κ1) is 18.2. The third-order valence-electron chi connectivity index (χ3n) is 6.63. The Morgan fingerprint density at radius 3 is 2.58 bits per heavy atom. The molecular weight excluding hydrogens is 342 g/mol. The van der Waals surface area contributed by atoms with Gasteiger partial charge in [-0.2, -0.15) is 0 Å². The van der Waals surface area contributed by atoms with Gasteiger partial charge in [0.2, 0.25) is 0 Å². The maximum Gasteiger partial charge on any atom is 0.193 e. The van der Waals surface area contributed by atoms with Gasteiger partial charge in [-0.1, -0.05) is 6.42 Å². The molecule has 4 rings (SSSR count). The predicted molar refractivity (Wildman–Crippen MR) is 109 cm³/mol. The van der Waals surface area contributed by atoms with Gasteiger partial charge in [-0.25, -0.2) is 4.98 Å². The molecule has 1 N–H and O–H groups in total. The largest absolute Gasteiger partial charge is 0.356 e. The van der Waals surface area contributed by atoms with E-state index in [9.17, 15) is 0 Å². The van der Waals surface area contributed by atoms with E-state index in [1.807, 2.05) is 18.4 Å². The van der Waals surface area contributed by atoms with E-state index in [2.05, 4.69) is 38.9 Å². The second-order valence-electron chi connectivity index (χ2n) is 8.23. The van der Waals surface area contributed by atoms with Crippen molar-refractivity contribution in [1.82, 2.24) is 20.1 Å². The van der Waals surface area contributed by atoms with Crippen molar-refractivity contribution in [2.75, 3.05) is 39.8 Å². The zero-order chi connectivity index (χ0) is 18.1. The number of rotatable bonds is 4. The van der Waals surface area contributed by atoms with Gasteiger partial charge in [0, 0.05) is 57.1 Å². The van der Waals surface area contributed by atoms with Crippen LogP contribution >= 0.6 is 11.3 Å². The van der Waals surface area contributed by atoms with Crippen molar-refractivity contribution in [1.29, 1.82) is 0 Å². The molecule has 6 heteroatoms. The quantitative estimate of drug-likeness (QED) is 0.649. The van der Waals surface area contributed by atoms with Crippen molar-refractivity contribution in [3.8, 4) is 0 Å². The number of aliphatic imine (C=N–C) groups is 1. The van der Waals surface area contributed by atoms with E-state index in [0.29, 0.717) is 0 Å². The van der Waals surface area contributed by atoms with Crippen LogP contribution in [0.1, 0.15) is 41.3 Å². The van der Waals surface area contributed by atoms with E-state index < -0.39 is 0 Å². The van der Waals surface area contributed by atoms with Gasteiger partial charge >= 0.3 is 0 Å². The van der Waals surface area contributed by atoms with Gasteiger partial charge < -0.3 is 10.2 Å². The second kappa shape index (κ2) is 7.85. The fourth-order valence-corrected chi connectivity index (χ4v) is 6.29. The first-order valence-corrected chi connectivity index (χ1v) is 11.1. The summed E-state index contributed by atoms with van der Waals surface area (Å²) in [7, 11) is 1.91. The molecule has 2 aliphatic carbocycles. The summed E-state index contributed by atoms with van der Waals surface area (Å²) in [4.78, 5) is 15.7. The molecule has 2 heterocycles. The van der Waals surface area contributed by atoms with Gasteiger partial charge in [-0.05, 0) is 44.9 Å². The van der Waals surface area contributed by atoms with E-state index in [1.165, 1.54) is 54.4 Å². The number of hydrogen-bond donors (Lipinski definition) is 1. The van der Waals surface area contributed by atoms with Gasteiger partial charge in [0.1, 0.15) is 0 Å². The van der Waals surface area contributed by atoms with Crippen LogP contribution in [-0.4, -0.2) is 66.6 Å². The van der Waals surface area contributed by atoms with Crippen molar-refractivity contribution < 1.29 is 0 Å². The Morgan fingerprint density at radius 2 is 2.00 bits per heavy atom. The Labute approximate surface area is 161 Å². The minimum absolute atomic E-state index is 0.878. The molecule has 2 bridgehead atoms. The van der Waals surface area contributed by atoms with Gasteiger partial charge in [0.15, 0.2) is 5.96 Å². The van der Waals surface area contributed by atoms with Crippen LogP contribution in [0.4, 0.5) is 0 Å². The molecule has 3 unspecified atom stereocenters. The summed E-state index contributed by atoms with van der Waals surface area (Å²) < 4.78 is 0. The third kappa shape index (κ3) is 3.77. The summed E-state index contributed by atoms with van der Waals surface area (Å²) in [5.41, 5.74) is 1.18. The second-order valence-corrected chi connectivity index (χ2v) is 9.52. The summed E-state index contributed by atoms with van der Waals surface area (Å²) in [6, 6.07) is 0.878. The highest BCUT2D eigenvalue weighted by molar-refractivity contribution is 7.11. The summed E-state index contributed by atoms with van der Waals surface area (Å²) in [6.45, 7) is 9.73. The number of aryl methyl sites for hydroxylation is 2. The van der Waals surface area contributed by atoms with Crippen LogP contribution in [0.2, 0.25) is 0 Å². The number of nitrogens with zero attached hydrogens (tertiary/aromatic N) is 4. The molecule has 2 saturated carbocycles. The topological polar surface area (TPSA) is 43.8 Å². The molecule has 1 aliphatic heterocycles.